The van der Waals surface area contributed by atoms with Crippen molar-refractivity contribution in [3.05, 3.63) is 70.1 Å². The van der Waals surface area contributed by atoms with Crippen LogP contribution in [0.4, 0.5) is 0 Å². The molecule has 72 heavy (non-hydrogen) atoms. The molecule has 0 radical (unpaired) electrons. The van der Waals surface area contributed by atoms with E-state index in [0.29, 0.717) is 21.9 Å². The maximum atomic E-state index is 15.1. The third-order valence-electron chi connectivity index (χ3n) is 15.3. The molecule has 0 saturated heterocycles. The smallest absolute Gasteiger partial charge is 0.266 e. The summed E-state index contributed by atoms with van der Waals surface area (Å²) in [7, 11) is 0. The Morgan fingerprint density at radius 3 is 1.22 bits per heavy atom. The fourth-order valence-electron chi connectivity index (χ4n) is 10.9. The monoisotopic (exact) mass is 1020 g/mol. The number of thiophene rings is 2. The second kappa shape index (κ2) is 31.9. The summed E-state index contributed by atoms with van der Waals surface area (Å²) >= 11 is 3.19. The predicted octanol–water partition coefficient (Wildman–Crippen LogP) is 19.1. The summed E-state index contributed by atoms with van der Waals surface area (Å²) in [4.78, 5) is 74.9. The molecule has 0 bridgehead atoms. The van der Waals surface area contributed by atoms with Crippen LogP contribution in [0.1, 0.15) is 275 Å². The first-order chi connectivity index (χ1) is 35.3. The van der Waals surface area contributed by atoms with Crippen molar-refractivity contribution >= 4 is 57.1 Å². The molecule has 0 aliphatic carbocycles. The summed E-state index contributed by atoms with van der Waals surface area (Å²) in [5.41, 5.74) is 1.63. The third-order valence-corrected chi connectivity index (χ3v) is 17.5. The molecule has 0 N–H and O–H groups in total. The molecule has 2 aliphatic rings. The van der Waals surface area contributed by atoms with Crippen molar-refractivity contribution < 1.29 is 28.9 Å². The largest absolute Gasteiger partial charge is 0.286 e. The molecule has 0 fully saturated rings. The number of unbranched alkanes of at least 4 members (excludes halogenated alkanes) is 24. The number of benzene rings is 2. The molecule has 2 aliphatic heterocycles. The fraction of sp³-hybridized carbons (Fsp3) is 0.645. The number of hydrogen-bond donors (Lipinski definition) is 0. The summed E-state index contributed by atoms with van der Waals surface area (Å²) in [5.74, 6) is -1.80. The lowest BCUT2D eigenvalue weighted by atomic mass is 9.84. The highest BCUT2D eigenvalue weighted by Crippen LogP contribution is 2.46. The van der Waals surface area contributed by atoms with Gasteiger partial charge in [-0.15, -0.1) is 32.8 Å². The molecule has 2 aromatic heterocycles. The normalized spacial score (nSPS) is 14.4. The number of nitrogens with zero attached hydrogens (tertiary/aromatic N) is 2. The number of hydrogen-bond acceptors (Lipinski definition) is 8. The van der Waals surface area contributed by atoms with Gasteiger partial charge in [-0.05, 0) is 79.3 Å². The number of amides is 4. The van der Waals surface area contributed by atoms with E-state index in [4.69, 9.17) is 9.68 Å². The average molecular weight is 1020 g/mol. The summed E-state index contributed by atoms with van der Waals surface area (Å²) < 4.78 is 0. The maximum absolute atomic E-state index is 15.1. The van der Waals surface area contributed by atoms with E-state index in [1.54, 1.807) is 40.9 Å². The fourth-order valence-corrected chi connectivity index (χ4v) is 12.8. The first kappa shape index (κ1) is 57.6. The zero-order valence-electron chi connectivity index (χ0n) is 45.0. The Hall–Kier alpha value is -3.70. The quantitative estimate of drug-likeness (QED) is 0.0325. The van der Waals surface area contributed by atoms with E-state index in [1.807, 2.05) is 23.6 Å². The minimum absolute atomic E-state index is 0.214. The summed E-state index contributed by atoms with van der Waals surface area (Å²) in [6.45, 7) is 9.55. The molecule has 8 nitrogen and oxygen atoms in total. The van der Waals surface area contributed by atoms with E-state index < -0.39 is 23.6 Å². The van der Waals surface area contributed by atoms with Crippen LogP contribution in [0, 0.1) is 11.8 Å². The van der Waals surface area contributed by atoms with Crippen molar-refractivity contribution in [2.24, 2.45) is 11.8 Å². The topological polar surface area (TPSA) is 93.2 Å². The van der Waals surface area contributed by atoms with Crippen LogP contribution in [0.5, 0.6) is 0 Å². The minimum Gasteiger partial charge on any atom is -0.266 e. The van der Waals surface area contributed by atoms with Gasteiger partial charge in [0.15, 0.2) is 0 Å². The first-order valence-corrected chi connectivity index (χ1v) is 30.8. The van der Waals surface area contributed by atoms with Crippen molar-refractivity contribution in [1.29, 1.82) is 0 Å². The Morgan fingerprint density at radius 2 is 0.792 bits per heavy atom. The van der Waals surface area contributed by atoms with Gasteiger partial charge in [0.2, 0.25) is 0 Å². The van der Waals surface area contributed by atoms with E-state index in [2.05, 4.69) is 33.8 Å². The molecule has 396 valence electrons. The highest BCUT2D eigenvalue weighted by Gasteiger charge is 2.43. The van der Waals surface area contributed by atoms with E-state index in [9.17, 15) is 14.4 Å². The highest BCUT2D eigenvalue weighted by atomic mass is 32.1. The molecule has 2 aromatic carbocycles. The molecule has 4 heterocycles. The van der Waals surface area contributed by atoms with Crippen molar-refractivity contribution in [2.45, 2.75) is 233 Å². The SMILES string of the molecule is CCCCCCCCCCC(CCCCCCCC)CON1C(=O)c2ccc3c4c(c(-c5ccc(-c6cccs6)s5)cc(c24)C1=O)C(=O)N(OCC(CCCCCCCC)CCCCCCCCCC)C3=O. The lowest BCUT2D eigenvalue weighted by Gasteiger charge is -2.33. The lowest BCUT2D eigenvalue weighted by Crippen LogP contribution is -2.44. The molecule has 2 atom stereocenters. The van der Waals surface area contributed by atoms with Crippen LogP contribution in [0.25, 0.3) is 31.0 Å². The molecule has 2 unspecified atom stereocenters. The first-order valence-electron chi connectivity index (χ1n) is 29.1. The van der Waals surface area contributed by atoms with Crippen LogP contribution in [0.3, 0.4) is 0 Å². The number of rotatable bonds is 40. The Kier molecular flexibility index (Phi) is 25.5. The van der Waals surface area contributed by atoms with Crippen molar-refractivity contribution in [3.63, 3.8) is 0 Å². The van der Waals surface area contributed by atoms with Crippen molar-refractivity contribution in [3.8, 4) is 20.2 Å². The van der Waals surface area contributed by atoms with Crippen LogP contribution in [-0.4, -0.2) is 47.0 Å². The van der Waals surface area contributed by atoms with Crippen LogP contribution >= 0.6 is 22.7 Å². The Balaban J connectivity index is 1.24. The van der Waals surface area contributed by atoms with Crippen molar-refractivity contribution in [1.82, 2.24) is 10.1 Å². The average Bonchev–Trinajstić information content (AvgIpc) is 4.12. The lowest BCUT2D eigenvalue weighted by molar-refractivity contribution is -0.109. The van der Waals surface area contributed by atoms with Gasteiger partial charge in [-0.3, -0.25) is 28.9 Å². The van der Waals surface area contributed by atoms with Crippen molar-refractivity contribution in [2.75, 3.05) is 13.2 Å². The standard InChI is InChI=1S/C62H90N2O6S2/c1-5-9-13-17-21-23-27-31-36-47(34-29-25-19-15-11-7-3)45-69-63-59(65)49-39-40-50-57-56(49)52(61(63)67)44-51(53-41-42-55(72-53)54-38-33-43-71-54)58(57)62(68)64(60(50)66)70-46-48(35-30-26-20-16-12-8-4)37-32-28-24-22-18-14-10-6-2/h33,38-44,47-48H,5-32,34-37,45-46H2,1-4H3. The molecular weight excluding hydrogens is 933 g/mol. The number of hydroxylamine groups is 4. The molecule has 4 aromatic rings. The van der Waals surface area contributed by atoms with E-state index in [-0.39, 0.29) is 41.7 Å². The summed E-state index contributed by atoms with van der Waals surface area (Å²) in [6, 6.07) is 13.2. The van der Waals surface area contributed by atoms with Gasteiger partial charge in [0.25, 0.3) is 23.6 Å². The molecular formula is C62H90N2O6S2. The number of carbonyl (C=O) groups is 4. The van der Waals surface area contributed by atoms with E-state index in [1.165, 1.54) is 154 Å². The molecule has 10 heteroatoms. The van der Waals surface area contributed by atoms with Gasteiger partial charge >= 0.3 is 0 Å². The number of imide groups is 2. The van der Waals surface area contributed by atoms with Crippen LogP contribution in [0.15, 0.2) is 47.8 Å². The number of carbonyl (C=O) groups excluding carboxylic acids is 4. The molecule has 0 spiro atoms. The van der Waals surface area contributed by atoms with Gasteiger partial charge in [-0.25, -0.2) is 0 Å². The van der Waals surface area contributed by atoms with Gasteiger partial charge < -0.3 is 0 Å². The van der Waals surface area contributed by atoms with Gasteiger partial charge in [0, 0.05) is 31.0 Å². The van der Waals surface area contributed by atoms with Gasteiger partial charge in [-0.2, -0.15) is 0 Å². The highest BCUT2D eigenvalue weighted by molar-refractivity contribution is 7.23. The van der Waals surface area contributed by atoms with E-state index >= 15 is 4.79 Å². The van der Waals surface area contributed by atoms with Gasteiger partial charge in [0.05, 0.1) is 35.5 Å². The molecule has 6 rings (SSSR count). The maximum Gasteiger partial charge on any atom is 0.286 e. The second-order valence-corrected chi connectivity index (χ2v) is 23.2. The zero-order chi connectivity index (χ0) is 50.9. The molecule has 4 amide bonds. The van der Waals surface area contributed by atoms with E-state index in [0.717, 1.165) is 76.1 Å². The van der Waals surface area contributed by atoms with Gasteiger partial charge in [-0.1, -0.05) is 214 Å². The minimum atomic E-state index is -0.560. The predicted molar refractivity (Wildman–Crippen MR) is 301 cm³/mol. The van der Waals surface area contributed by atoms with Crippen LogP contribution in [0.2, 0.25) is 0 Å². The second-order valence-electron chi connectivity index (χ2n) is 21.2. The Labute approximate surface area is 442 Å². The Bertz CT molecular complexity index is 2270. The zero-order valence-corrected chi connectivity index (χ0v) is 46.6. The Morgan fingerprint density at radius 1 is 0.403 bits per heavy atom. The van der Waals surface area contributed by atoms with Crippen LogP contribution < -0.4 is 0 Å². The third kappa shape index (κ3) is 16.4. The summed E-state index contributed by atoms with van der Waals surface area (Å²) in [6.07, 6.45) is 38.3. The van der Waals surface area contributed by atoms with Gasteiger partial charge in [0.1, 0.15) is 0 Å². The molecule has 0 saturated carbocycles. The summed E-state index contributed by atoms with van der Waals surface area (Å²) in [5, 5.41) is 4.69. The van der Waals surface area contributed by atoms with Crippen LogP contribution in [-0.2, 0) is 9.68 Å².